The van der Waals surface area contributed by atoms with E-state index in [1.807, 2.05) is 56.0 Å². The van der Waals surface area contributed by atoms with Gasteiger partial charge in [0.1, 0.15) is 0 Å². The molecule has 1 aromatic carbocycles. The summed E-state index contributed by atoms with van der Waals surface area (Å²) in [6.45, 7) is 7.33. The van der Waals surface area contributed by atoms with Gasteiger partial charge in [-0.2, -0.15) is 0 Å². The lowest BCUT2D eigenvalue weighted by atomic mass is 9.99. The van der Waals surface area contributed by atoms with Crippen LogP contribution in [0.4, 0.5) is 0 Å². The van der Waals surface area contributed by atoms with Crippen LogP contribution in [0.25, 0.3) is 0 Å². The van der Waals surface area contributed by atoms with Crippen molar-refractivity contribution in [3.8, 4) is 0 Å². The number of benzene rings is 1. The molecule has 92 valence electrons. The summed E-state index contributed by atoms with van der Waals surface area (Å²) in [7, 11) is 0. The van der Waals surface area contributed by atoms with Crippen LogP contribution in [-0.2, 0) is 4.74 Å². The van der Waals surface area contributed by atoms with Crippen molar-refractivity contribution in [1.82, 2.24) is 4.90 Å². The molecule has 0 aliphatic carbocycles. The maximum Gasteiger partial charge on any atom is 0.254 e. The van der Waals surface area contributed by atoms with Crippen molar-refractivity contribution in [2.75, 3.05) is 13.2 Å². The van der Waals surface area contributed by atoms with Crippen LogP contribution < -0.4 is 0 Å². The highest BCUT2D eigenvalue weighted by molar-refractivity contribution is 5.94. The van der Waals surface area contributed by atoms with Crippen molar-refractivity contribution in [3.05, 3.63) is 35.9 Å². The number of hydrogen-bond acceptors (Lipinski definition) is 2. The molecule has 1 atom stereocenters. The topological polar surface area (TPSA) is 29.5 Å². The predicted octanol–water partition coefficient (Wildman–Crippen LogP) is 2.33. The van der Waals surface area contributed by atoms with Crippen LogP contribution in [0.3, 0.4) is 0 Å². The maximum atomic E-state index is 12.4. The predicted molar refractivity (Wildman–Crippen MR) is 67.0 cm³/mol. The first-order valence-electron chi connectivity index (χ1n) is 5.99. The summed E-state index contributed by atoms with van der Waals surface area (Å²) in [5.41, 5.74) is 0.508. The van der Waals surface area contributed by atoms with Gasteiger partial charge in [-0.15, -0.1) is 0 Å². The third kappa shape index (κ3) is 2.50. The first-order chi connectivity index (χ1) is 8.00. The molecule has 1 heterocycles. The molecule has 0 N–H and O–H groups in total. The molecule has 3 heteroatoms. The van der Waals surface area contributed by atoms with Gasteiger partial charge in [0.15, 0.2) is 0 Å². The minimum absolute atomic E-state index is 0.0887. The molecule has 3 nitrogen and oxygen atoms in total. The smallest absolute Gasteiger partial charge is 0.254 e. The zero-order valence-electron chi connectivity index (χ0n) is 10.6. The number of nitrogens with zero attached hydrogens (tertiary/aromatic N) is 1. The Morgan fingerprint density at radius 1 is 1.35 bits per heavy atom. The minimum Gasteiger partial charge on any atom is -0.374 e. The van der Waals surface area contributed by atoms with Crippen LogP contribution in [0.5, 0.6) is 0 Å². The number of amides is 1. The van der Waals surface area contributed by atoms with E-state index in [-0.39, 0.29) is 17.6 Å². The van der Waals surface area contributed by atoms with Gasteiger partial charge in [0.05, 0.1) is 18.2 Å². The van der Waals surface area contributed by atoms with Gasteiger partial charge in [-0.1, -0.05) is 18.2 Å². The van der Waals surface area contributed by atoms with E-state index in [9.17, 15) is 4.79 Å². The summed E-state index contributed by atoms with van der Waals surface area (Å²) in [6, 6.07) is 9.43. The van der Waals surface area contributed by atoms with Crippen LogP contribution in [0.15, 0.2) is 30.3 Å². The summed E-state index contributed by atoms with van der Waals surface area (Å²) >= 11 is 0. The van der Waals surface area contributed by atoms with Gasteiger partial charge in [0, 0.05) is 12.1 Å². The molecule has 1 aliphatic rings. The molecule has 1 aromatic rings. The molecule has 1 aliphatic heterocycles. The van der Waals surface area contributed by atoms with Gasteiger partial charge in [-0.05, 0) is 32.9 Å². The molecule has 0 spiro atoms. The van der Waals surface area contributed by atoms with Crippen molar-refractivity contribution >= 4 is 5.91 Å². The molecular formula is C14H19NO2. The van der Waals surface area contributed by atoms with Gasteiger partial charge in [-0.25, -0.2) is 0 Å². The summed E-state index contributed by atoms with van der Waals surface area (Å²) in [5.74, 6) is 0.0887. The normalized spacial score (nSPS) is 23.5. The Kier molecular flexibility index (Phi) is 3.20. The second kappa shape index (κ2) is 4.49. The average Bonchev–Trinajstić information content (AvgIpc) is 2.33. The number of morpholine rings is 1. The Hall–Kier alpha value is -1.35. The van der Waals surface area contributed by atoms with E-state index in [4.69, 9.17) is 4.74 Å². The van der Waals surface area contributed by atoms with Crippen LogP contribution in [0.2, 0.25) is 0 Å². The summed E-state index contributed by atoms with van der Waals surface area (Å²) in [4.78, 5) is 14.3. The molecule has 0 radical (unpaired) electrons. The molecule has 17 heavy (non-hydrogen) atoms. The second-order valence-electron chi connectivity index (χ2n) is 5.22. The van der Waals surface area contributed by atoms with E-state index < -0.39 is 0 Å². The fraction of sp³-hybridized carbons (Fsp3) is 0.500. The molecule has 0 saturated carbocycles. The van der Waals surface area contributed by atoms with Crippen molar-refractivity contribution < 1.29 is 9.53 Å². The van der Waals surface area contributed by atoms with E-state index in [0.29, 0.717) is 13.2 Å². The molecule has 1 saturated heterocycles. The Labute approximate surface area is 102 Å². The number of hydrogen-bond donors (Lipinski definition) is 0. The highest BCUT2D eigenvalue weighted by atomic mass is 16.5. The van der Waals surface area contributed by atoms with Crippen LogP contribution in [0.1, 0.15) is 31.1 Å². The standard InChI is InChI=1S/C14H19NO2/c1-11-9-15(14(2,3)10-17-11)13(16)12-7-5-4-6-8-12/h4-8,11H,9-10H2,1-3H3. The first kappa shape index (κ1) is 12.1. The first-order valence-corrected chi connectivity index (χ1v) is 5.99. The number of ether oxygens (including phenoxy) is 1. The maximum absolute atomic E-state index is 12.4. The molecule has 1 fully saturated rings. The molecule has 0 bridgehead atoms. The third-order valence-corrected chi connectivity index (χ3v) is 3.16. The van der Waals surface area contributed by atoms with Gasteiger partial charge >= 0.3 is 0 Å². The number of rotatable bonds is 1. The lowest BCUT2D eigenvalue weighted by Crippen LogP contribution is -2.57. The summed E-state index contributed by atoms with van der Waals surface area (Å²) < 4.78 is 5.62. The Bertz CT molecular complexity index is 400. The largest absolute Gasteiger partial charge is 0.374 e. The highest BCUT2D eigenvalue weighted by Gasteiger charge is 2.36. The number of carbonyl (C=O) groups is 1. The average molecular weight is 233 g/mol. The van der Waals surface area contributed by atoms with E-state index >= 15 is 0 Å². The Balaban J connectivity index is 2.23. The highest BCUT2D eigenvalue weighted by Crippen LogP contribution is 2.24. The molecule has 2 rings (SSSR count). The van der Waals surface area contributed by atoms with Crippen molar-refractivity contribution in [2.24, 2.45) is 0 Å². The zero-order chi connectivity index (χ0) is 12.5. The van der Waals surface area contributed by atoms with E-state index in [1.165, 1.54) is 0 Å². The Morgan fingerprint density at radius 2 is 2.00 bits per heavy atom. The van der Waals surface area contributed by atoms with Crippen LogP contribution >= 0.6 is 0 Å². The van der Waals surface area contributed by atoms with Gasteiger partial charge in [0.2, 0.25) is 0 Å². The molecule has 0 aromatic heterocycles. The minimum atomic E-state index is -0.237. The molecule has 1 amide bonds. The van der Waals surface area contributed by atoms with Crippen LogP contribution in [0, 0.1) is 0 Å². The molecule has 1 unspecified atom stereocenters. The van der Waals surface area contributed by atoms with E-state index in [0.717, 1.165) is 5.56 Å². The van der Waals surface area contributed by atoms with Crippen molar-refractivity contribution in [1.29, 1.82) is 0 Å². The van der Waals surface area contributed by atoms with Crippen LogP contribution in [-0.4, -0.2) is 35.6 Å². The van der Waals surface area contributed by atoms with Gasteiger partial charge < -0.3 is 9.64 Å². The van der Waals surface area contributed by atoms with Gasteiger partial charge in [-0.3, -0.25) is 4.79 Å². The van der Waals surface area contributed by atoms with Crippen molar-refractivity contribution in [3.63, 3.8) is 0 Å². The fourth-order valence-corrected chi connectivity index (χ4v) is 2.08. The van der Waals surface area contributed by atoms with Gasteiger partial charge in [0.25, 0.3) is 5.91 Å². The quantitative estimate of drug-likeness (QED) is 0.745. The molecular weight excluding hydrogens is 214 g/mol. The summed E-state index contributed by atoms with van der Waals surface area (Å²) in [6.07, 6.45) is 0.107. The lowest BCUT2D eigenvalue weighted by molar-refractivity contribution is -0.0755. The monoisotopic (exact) mass is 233 g/mol. The summed E-state index contributed by atoms with van der Waals surface area (Å²) in [5, 5.41) is 0. The van der Waals surface area contributed by atoms with E-state index in [1.54, 1.807) is 0 Å². The Morgan fingerprint density at radius 3 is 2.65 bits per heavy atom. The third-order valence-electron chi connectivity index (χ3n) is 3.16. The van der Waals surface area contributed by atoms with E-state index in [2.05, 4.69) is 0 Å². The van der Waals surface area contributed by atoms with Crippen molar-refractivity contribution in [2.45, 2.75) is 32.4 Å². The number of carbonyl (C=O) groups excluding carboxylic acids is 1. The zero-order valence-corrected chi connectivity index (χ0v) is 10.6. The SMILES string of the molecule is CC1CN(C(=O)c2ccccc2)C(C)(C)CO1. The lowest BCUT2D eigenvalue weighted by Gasteiger charge is -2.44. The second-order valence-corrected chi connectivity index (χ2v) is 5.22. The fourth-order valence-electron chi connectivity index (χ4n) is 2.08.